The van der Waals surface area contributed by atoms with Gasteiger partial charge in [-0.25, -0.2) is 0 Å². The number of nitrogens with zero attached hydrogens (tertiary/aromatic N) is 3. The molecule has 0 radical (unpaired) electrons. The van der Waals surface area contributed by atoms with Crippen LogP contribution >= 0.6 is 0 Å². The third-order valence-electron chi connectivity index (χ3n) is 4.59. The van der Waals surface area contributed by atoms with Crippen LogP contribution in [0.1, 0.15) is 16.7 Å². The molecule has 1 aliphatic heterocycles. The van der Waals surface area contributed by atoms with E-state index in [1.165, 1.54) is 18.2 Å². The highest BCUT2D eigenvalue weighted by Crippen LogP contribution is 2.39. The van der Waals surface area contributed by atoms with Crippen molar-refractivity contribution in [1.82, 2.24) is 0 Å². The first-order valence-electron chi connectivity index (χ1n) is 8.87. The van der Waals surface area contributed by atoms with Crippen LogP contribution in [-0.2, 0) is 10.9 Å². The number of anilines is 2. The van der Waals surface area contributed by atoms with Gasteiger partial charge in [0.1, 0.15) is 0 Å². The fourth-order valence-corrected chi connectivity index (χ4v) is 3.16. The fraction of sp³-hybridized carbons (Fsp3) is 0.300. The quantitative estimate of drug-likeness (QED) is 0.701. The van der Waals surface area contributed by atoms with Crippen LogP contribution in [0.2, 0.25) is 0 Å². The lowest BCUT2D eigenvalue weighted by Crippen LogP contribution is -2.42. The van der Waals surface area contributed by atoms with Crippen molar-refractivity contribution in [3.05, 3.63) is 59.2 Å². The summed E-state index contributed by atoms with van der Waals surface area (Å²) in [6, 6.07) is 11.9. The van der Waals surface area contributed by atoms with Crippen molar-refractivity contribution >= 4 is 11.4 Å². The molecule has 11 heteroatoms. The number of alkyl halides is 6. The first-order chi connectivity index (χ1) is 14.5. The summed E-state index contributed by atoms with van der Waals surface area (Å²) in [6.07, 6.45) is -13.2. The van der Waals surface area contributed by atoms with Gasteiger partial charge >= 0.3 is 12.4 Å². The minimum absolute atomic E-state index is 0.0443. The number of nitrogens with one attached hydrogen (secondary N) is 1. The van der Waals surface area contributed by atoms with Crippen molar-refractivity contribution in [2.75, 3.05) is 23.3 Å². The maximum atomic E-state index is 13.5. The van der Waals surface area contributed by atoms with Crippen LogP contribution in [-0.4, -0.2) is 31.6 Å². The summed E-state index contributed by atoms with van der Waals surface area (Å²) in [5.41, 5.74) is -1.39. The standard InChI is InChI=1S/C20H14F6N4O/c21-19(22,23)17-7-15(6-3-13(17)9-28)30-11-16(31-18(30)20(24,25)26)10-29-14-4-1-12(8-27)2-5-14/h1-7,16,18,29H,10-11H2/t16-,18-/m1/s1. The van der Waals surface area contributed by atoms with Gasteiger partial charge in [-0.15, -0.1) is 0 Å². The predicted octanol–water partition coefficient (Wildman–Crippen LogP) is 4.65. The second-order valence-corrected chi connectivity index (χ2v) is 6.71. The van der Waals surface area contributed by atoms with E-state index in [0.717, 1.165) is 12.1 Å². The first-order valence-corrected chi connectivity index (χ1v) is 8.87. The Balaban J connectivity index is 1.82. The average molecular weight is 440 g/mol. The number of hydrogen-bond acceptors (Lipinski definition) is 5. The van der Waals surface area contributed by atoms with Crippen LogP contribution in [0, 0.1) is 22.7 Å². The number of benzene rings is 2. The Hall–Kier alpha value is -3.44. The molecule has 1 saturated heterocycles. The molecular weight excluding hydrogens is 426 g/mol. The summed E-state index contributed by atoms with van der Waals surface area (Å²) in [4.78, 5) is 0.696. The normalized spacial score (nSPS) is 19.0. The molecule has 1 heterocycles. The monoisotopic (exact) mass is 440 g/mol. The van der Waals surface area contributed by atoms with E-state index in [-0.39, 0.29) is 18.8 Å². The third-order valence-corrected chi connectivity index (χ3v) is 4.59. The Morgan fingerprint density at radius 3 is 2.23 bits per heavy atom. The summed E-state index contributed by atoms with van der Waals surface area (Å²) in [7, 11) is 0. The number of hydrogen-bond donors (Lipinski definition) is 1. The number of ether oxygens (including phenoxy) is 1. The van der Waals surface area contributed by atoms with Crippen LogP contribution in [0.3, 0.4) is 0 Å². The molecule has 0 bridgehead atoms. The molecule has 0 unspecified atom stereocenters. The summed E-state index contributed by atoms with van der Waals surface area (Å²) in [5.74, 6) is 0. The molecular formula is C20H14F6N4O. The molecule has 0 amide bonds. The Morgan fingerprint density at radius 1 is 1.00 bits per heavy atom. The lowest BCUT2D eigenvalue weighted by atomic mass is 10.1. The van der Waals surface area contributed by atoms with E-state index in [9.17, 15) is 26.3 Å². The molecule has 31 heavy (non-hydrogen) atoms. The zero-order valence-electron chi connectivity index (χ0n) is 15.6. The molecule has 0 saturated carbocycles. The highest BCUT2D eigenvalue weighted by atomic mass is 19.4. The van der Waals surface area contributed by atoms with Gasteiger partial charge in [0.2, 0.25) is 6.23 Å². The van der Waals surface area contributed by atoms with Crippen molar-refractivity contribution < 1.29 is 31.1 Å². The fourth-order valence-electron chi connectivity index (χ4n) is 3.16. The maximum absolute atomic E-state index is 13.5. The maximum Gasteiger partial charge on any atom is 0.433 e. The minimum atomic E-state index is -4.90. The second kappa shape index (κ2) is 8.36. The van der Waals surface area contributed by atoms with Crippen molar-refractivity contribution in [3.8, 4) is 12.1 Å². The summed E-state index contributed by atoms with van der Waals surface area (Å²) in [6.45, 7) is -0.367. The molecule has 162 valence electrons. The van der Waals surface area contributed by atoms with E-state index in [2.05, 4.69) is 5.32 Å². The van der Waals surface area contributed by atoms with Gasteiger partial charge in [-0.3, -0.25) is 0 Å². The molecule has 3 rings (SSSR count). The van der Waals surface area contributed by atoms with E-state index in [4.69, 9.17) is 15.3 Å². The highest BCUT2D eigenvalue weighted by molar-refractivity contribution is 5.56. The van der Waals surface area contributed by atoms with Gasteiger partial charge in [0, 0.05) is 24.5 Å². The predicted molar refractivity (Wildman–Crippen MR) is 97.9 cm³/mol. The number of rotatable bonds is 4. The van der Waals surface area contributed by atoms with Crippen LogP contribution in [0.15, 0.2) is 42.5 Å². The van der Waals surface area contributed by atoms with Crippen LogP contribution in [0.5, 0.6) is 0 Å². The van der Waals surface area contributed by atoms with Crippen molar-refractivity contribution in [1.29, 1.82) is 10.5 Å². The Kier molecular flexibility index (Phi) is 6.00. The highest BCUT2D eigenvalue weighted by Gasteiger charge is 2.51. The second-order valence-electron chi connectivity index (χ2n) is 6.71. The van der Waals surface area contributed by atoms with Gasteiger partial charge in [0.05, 0.1) is 34.9 Å². The number of nitriles is 2. The van der Waals surface area contributed by atoms with Gasteiger partial charge in [0.15, 0.2) is 0 Å². The van der Waals surface area contributed by atoms with Crippen molar-refractivity contribution in [3.63, 3.8) is 0 Å². The molecule has 2 atom stereocenters. The summed E-state index contributed by atoms with van der Waals surface area (Å²) < 4.78 is 85.3. The topological polar surface area (TPSA) is 72.1 Å². The third kappa shape index (κ3) is 5.01. The molecule has 0 spiro atoms. The molecule has 1 fully saturated rings. The van der Waals surface area contributed by atoms with E-state index in [1.54, 1.807) is 12.1 Å². The minimum Gasteiger partial charge on any atom is -0.382 e. The smallest absolute Gasteiger partial charge is 0.382 e. The molecule has 1 aliphatic rings. The van der Waals surface area contributed by atoms with E-state index in [0.29, 0.717) is 22.2 Å². The van der Waals surface area contributed by atoms with Gasteiger partial charge in [0.25, 0.3) is 0 Å². The zero-order chi connectivity index (χ0) is 22.8. The molecule has 5 nitrogen and oxygen atoms in total. The molecule has 0 aromatic heterocycles. The van der Waals surface area contributed by atoms with E-state index < -0.39 is 35.8 Å². The lowest BCUT2D eigenvalue weighted by Gasteiger charge is -2.27. The van der Waals surface area contributed by atoms with Gasteiger partial charge in [-0.1, -0.05) is 0 Å². The van der Waals surface area contributed by atoms with Gasteiger partial charge < -0.3 is 15.0 Å². The van der Waals surface area contributed by atoms with E-state index >= 15 is 0 Å². The summed E-state index contributed by atoms with van der Waals surface area (Å²) >= 11 is 0. The zero-order valence-corrected chi connectivity index (χ0v) is 15.6. The average Bonchev–Trinajstić information content (AvgIpc) is 3.16. The number of halogens is 6. The first kappa shape index (κ1) is 22.2. The van der Waals surface area contributed by atoms with Crippen molar-refractivity contribution in [2.45, 2.75) is 24.7 Å². The van der Waals surface area contributed by atoms with E-state index in [1.807, 2.05) is 6.07 Å². The lowest BCUT2D eigenvalue weighted by molar-refractivity contribution is -0.212. The van der Waals surface area contributed by atoms with Gasteiger partial charge in [-0.2, -0.15) is 36.9 Å². The largest absolute Gasteiger partial charge is 0.433 e. The Morgan fingerprint density at radius 2 is 1.68 bits per heavy atom. The van der Waals surface area contributed by atoms with Crippen molar-refractivity contribution in [2.24, 2.45) is 0 Å². The van der Waals surface area contributed by atoms with Gasteiger partial charge in [-0.05, 0) is 42.5 Å². The Bertz CT molecular complexity index is 1020. The molecule has 1 N–H and O–H groups in total. The van der Waals surface area contributed by atoms with Crippen LogP contribution in [0.25, 0.3) is 0 Å². The SMILES string of the molecule is N#Cc1ccc(NC[C@@H]2CN(c3ccc(C#N)c(C(F)(F)F)c3)[C@@H](C(F)(F)F)O2)cc1. The van der Waals surface area contributed by atoms with Crippen LogP contribution < -0.4 is 10.2 Å². The molecule has 2 aromatic rings. The Labute approximate surface area is 173 Å². The molecule has 0 aliphatic carbocycles. The summed E-state index contributed by atoms with van der Waals surface area (Å²) in [5, 5.41) is 20.5. The van der Waals surface area contributed by atoms with Crippen LogP contribution in [0.4, 0.5) is 37.7 Å². The molecule has 2 aromatic carbocycles.